The number of rotatable bonds is 5. The van der Waals surface area contributed by atoms with Gasteiger partial charge in [0, 0.05) is 30.9 Å². The first-order valence-electron chi connectivity index (χ1n) is 8.91. The van der Waals surface area contributed by atoms with Gasteiger partial charge < -0.3 is 16.0 Å². The highest BCUT2D eigenvalue weighted by Crippen LogP contribution is 2.45. The molecule has 4 N–H and O–H groups in total. The van der Waals surface area contributed by atoms with Crippen molar-refractivity contribution in [1.82, 2.24) is 20.6 Å². The second-order valence-corrected chi connectivity index (χ2v) is 8.67. The highest BCUT2D eigenvalue weighted by Gasteiger charge is 2.38. The SMILES string of the molecule is Cc1cc(=O)[nH]c(NCCNC(=O)NC2CC(C)(C)CC(C)(C)C2)n1. The number of aryl methyl sites for hydroxylation is 1. The number of carbonyl (C=O) groups is 1. The lowest BCUT2D eigenvalue weighted by Gasteiger charge is -2.45. The number of hydrogen-bond acceptors (Lipinski definition) is 4. The number of aromatic amines is 1. The van der Waals surface area contributed by atoms with Gasteiger partial charge in [0.1, 0.15) is 0 Å². The molecule has 0 saturated heterocycles. The van der Waals surface area contributed by atoms with Crippen molar-refractivity contribution < 1.29 is 4.79 Å². The quantitative estimate of drug-likeness (QED) is 0.613. The molecule has 7 heteroatoms. The third-order valence-electron chi connectivity index (χ3n) is 4.46. The Morgan fingerprint density at radius 3 is 2.48 bits per heavy atom. The number of urea groups is 1. The van der Waals surface area contributed by atoms with E-state index in [0.717, 1.165) is 12.8 Å². The molecule has 0 radical (unpaired) electrons. The second-order valence-electron chi connectivity index (χ2n) is 8.67. The fourth-order valence-electron chi connectivity index (χ4n) is 4.20. The minimum atomic E-state index is -0.191. The summed E-state index contributed by atoms with van der Waals surface area (Å²) in [4.78, 5) is 30.3. The van der Waals surface area contributed by atoms with Crippen molar-refractivity contribution in [3.05, 3.63) is 22.1 Å². The Morgan fingerprint density at radius 1 is 1.24 bits per heavy atom. The van der Waals surface area contributed by atoms with Crippen LogP contribution in [-0.2, 0) is 0 Å². The van der Waals surface area contributed by atoms with Gasteiger partial charge in [-0.3, -0.25) is 9.78 Å². The summed E-state index contributed by atoms with van der Waals surface area (Å²) in [6.07, 6.45) is 3.17. The molecule has 140 valence electrons. The van der Waals surface area contributed by atoms with Crippen LogP contribution in [0.25, 0.3) is 0 Å². The van der Waals surface area contributed by atoms with Crippen molar-refractivity contribution in [3.63, 3.8) is 0 Å². The molecule has 0 aliphatic heterocycles. The van der Waals surface area contributed by atoms with E-state index < -0.39 is 0 Å². The lowest BCUT2D eigenvalue weighted by atomic mass is 9.63. The van der Waals surface area contributed by atoms with E-state index in [-0.39, 0.29) is 28.5 Å². The van der Waals surface area contributed by atoms with Crippen LogP contribution in [0.1, 0.15) is 52.7 Å². The normalized spacial score (nSPS) is 19.2. The van der Waals surface area contributed by atoms with Crippen molar-refractivity contribution >= 4 is 12.0 Å². The Kier molecular flexibility index (Phi) is 5.75. The Labute approximate surface area is 149 Å². The molecule has 0 atom stereocenters. The van der Waals surface area contributed by atoms with Crippen LogP contribution in [0, 0.1) is 17.8 Å². The average molecular weight is 349 g/mol. The van der Waals surface area contributed by atoms with Crippen molar-refractivity contribution in [1.29, 1.82) is 0 Å². The van der Waals surface area contributed by atoms with Gasteiger partial charge in [0.05, 0.1) is 0 Å². The number of carbonyl (C=O) groups excluding carboxylic acids is 1. The third-order valence-corrected chi connectivity index (χ3v) is 4.46. The summed E-state index contributed by atoms with van der Waals surface area (Å²) in [6.45, 7) is 11.8. The van der Waals surface area contributed by atoms with Gasteiger partial charge >= 0.3 is 6.03 Å². The van der Waals surface area contributed by atoms with E-state index in [1.807, 2.05) is 0 Å². The largest absolute Gasteiger partial charge is 0.354 e. The van der Waals surface area contributed by atoms with Gasteiger partial charge in [0.15, 0.2) is 0 Å². The van der Waals surface area contributed by atoms with Gasteiger partial charge in [-0.2, -0.15) is 0 Å². The minimum absolute atomic E-state index is 0.147. The summed E-state index contributed by atoms with van der Waals surface area (Å²) < 4.78 is 0. The summed E-state index contributed by atoms with van der Waals surface area (Å²) in [5.74, 6) is 0.419. The van der Waals surface area contributed by atoms with E-state index in [1.54, 1.807) is 6.92 Å². The maximum Gasteiger partial charge on any atom is 0.315 e. The highest BCUT2D eigenvalue weighted by molar-refractivity contribution is 5.74. The number of amides is 2. The first kappa shape index (κ1) is 19.3. The van der Waals surface area contributed by atoms with Crippen LogP contribution in [-0.4, -0.2) is 35.1 Å². The first-order valence-corrected chi connectivity index (χ1v) is 8.91. The molecule has 0 aromatic carbocycles. The third kappa shape index (κ3) is 6.40. The van der Waals surface area contributed by atoms with Crippen molar-refractivity contribution in [3.8, 4) is 0 Å². The van der Waals surface area contributed by atoms with Crippen LogP contribution in [0.2, 0.25) is 0 Å². The molecule has 2 amide bonds. The summed E-state index contributed by atoms with van der Waals surface area (Å²) in [5, 5.41) is 8.95. The molecule has 1 saturated carbocycles. The number of hydrogen-bond donors (Lipinski definition) is 4. The molecular formula is C18H31N5O2. The van der Waals surface area contributed by atoms with Crippen LogP contribution in [0.3, 0.4) is 0 Å². The average Bonchev–Trinajstić information content (AvgIpc) is 2.38. The monoisotopic (exact) mass is 349 g/mol. The Hall–Kier alpha value is -2.05. The smallest absolute Gasteiger partial charge is 0.315 e. The number of aromatic nitrogens is 2. The molecule has 1 fully saturated rings. The van der Waals surface area contributed by atoms with Gasteiger partial charge in [-0.05, 0) is 37.0 Å². The van der Waals surface area contributed by atoms with Gasteiger partial charge in [-0.1, -0.05) is 27.7 Å². The van der Waals surface area contributed by atoms with Crippen LogP contribution in [0.4, 0.5) is 10.7 Å². The van der Waals surface area contributed by atoms with E-state index >= 15 is 0 Å². The number of anilines is 1. The Morgan fingerprint density at radius 2 is 1.88 bits per heavy atom. The van der Waals surface area contributed by atoms with E-state index in [1.165, 1.54) is 12.5 Å². The maximum atomic E-state index is 12.1. The van der Waals surface area contributed by atoms with Crippen molar-refractivity contribution in [2.24, 2.45) is 10.8 Å². The van der Waals surface area contributed by atoms with Gasteiger partial charge in [-0.15, -0.1) is 0 Å². The summed E-state index contributed by atoms with van der Waals surface area (Å²) >= 11 is 0. The predicted molar refractivity (Wildman–Crippen MR) is 99.8 cm³/mol. The molecule has 2 rings (SSSR count). The molecule has 0 spiro atoms. The zero-order valence-corrected chi connectivity index (χ0v) is 16.0. The zero-order chi connectivity index (χ0) is 18.7. The van der Waals surface area contributed by atoms with E-state index in [2.05, 4.69) is 53.6 Å². The number of H-pyrrole nitrogens is 1. The maximum absolute atomic E-state index is 12.1. The lowest BCUT2D eigenvalue weighted by molar-refractivity contribution is 0.0883. The van der Waals surface area contributed by atoms with Crippen LogP contribution in [0.15, 0.2) is 10.9 Å². The predicted octanol–water partition coefficient (Wildman–Crippen LogP) is 2.39. The molecule has 0 unspecified atom stereocenters. The number of nitrogens with zero attached hydrogens (tertiary/aromatic N) is 1. The molecule has 1 aromatic rings. The number of nitrogens with one attached hydrogen (secondary N) is 4. The summed E-state index contributed by atoms with van der Waals surface area (Å²) in [6, 6.07) is 1.48. The first-order chi connectivity index (χ1) is 11.5. The van der Waals surface area contributed by atoms with Crippen molar-refractivity contribution in [2.45, 2.75) is 59.9 Å². The molecule has 1 aliphatic carbocycles. The topological polar surface area (TPSA) is 98.9 Å². The molecule has 1 heterocycles. The molecule has 1 aromatic heterocycles. The van der Waals surface area contributed by atoms with Gasteiger partial charge in [-0.25, -0.2) is 9.78 Å². The summed E-state index contributed by atoms with van der Waals surface area (Å²) in [7, 11) is 0. The molecule has 0 bridgehead atoms. The Bertz CT molecular complexity index is 650. The second kappa shape index (κ2) is 7.45. The fourth-order valence-corrected chi connectivity index (χ4v) is 4.20. The van der Waals surface area contributed by atoms with Gasteiger partial charge in [0.25, 0.3) is 5.56 Å². The minimum Gasteiger partial charge on any atom is -0.354 e. The van der Waals surface area contributed by atoms with Crippen LogP contribution < -0.4 is 21.5 Å². The van der Waals surface area contributed by atoms with E-state index in [4.69, 9.17) is 0 Å². The van der Waals surface area contributed by atoms with Crippen LogP contribution >= 0.6 is 0 Å². The van der Waals surface area contributed by atoms with E-state index in [9.17, 15) is 9.59 Å². The van der Waals surface area contributed by atoms with E-state index in [0.29, 0.717) is 24.7 Å². The van der Waals surface area contributed by atoms with Gasteiger partial charge in [0.2, 0.25) is 5.95 Å². The lowest BCUT2D eigenvalue weighted by Crippen LogP contribution is -2.49. The molecule has 1 aliphatic rings. The molecular weight excluding hydrogens is 318 g/mol. The summed E-state index contributed by atoms with van der Waals surface area (Å²) in [5.41, 5.74) is 0.941. The molecule has 7 nitrogen and oxygen atoms in total. The van der Waals surface area contributed by atoms with Crippen molar-refractivity contribution in [2.75, 3.05) is 18.4 Å². The highest BCUT2D eigenvalue weighted by atomic mass is 16.2. The molecule has 25 heavy (non-hydrogen) atoms. The standard InChI is InChI=1S/C18H31N5O2/c1-12-8-14(24)23-15(21-12)19-6-7-20-16(25)22-13-9-17(2,3)11-18(4,5)10-13/h8,13H,6-7,9-11H2,1-5H3,(H2,20,22,25)(H2,19,21,23,24). The fraction of sp³-hybridized carbons (Fsp3) is 0.722. The zero-order valence-electron chi connectivity index (χ0n) is 16.0. The van der Waals surface area contributed by atoms with Crippen LogP contribution in [0.5, 0.6) is 0 Å². The Balaban J connectivity index is 1.74.